The Balaban J connectivity index is 1.75. The Bertz CT molecular complexity index is 745. The lowest BCUT2D eigenvalue weighted by atomic mass is 10.2. The molecule has 1 aliphatic rings. The molecule has 1 saturated heterocycles. The standard InChI is InChI=1S/C17H18Cl2N4O/c1-22-6-8-23(9-7-22)17(24)16-11-13(4-5-20-16)21-15-3-2-12(18)10-14(15)19/h2-5,10-11H,6-9H2,1H3,(H,20,21). The number of hydrogen-bond acceptors (Lipinski definition) is 4. The van der Waals surface area contributed by atoms with E-state index in [4.69, 9.17) is 23.2 Å². The van der Waals surface area contributed by atoms with Crippen LogP contribution in [0.4, 0.5) is 11.4 Å². The normalized spacial score (nSPS) is 15.4. The highest BCUT2D eigenvalue weighted by atomic mass is 35.5. The highest BCUT2D eigenvalue weighted by Crippen LogP contribution is 2.28. The molecule has 0 radical (unpaired) electrons. The quantitative estimate of drug-likeness (QED) is 0.904. The highest BCUT2D eigenvalue weighted by Gasteiger charge is 2.21. The van der Waals surface area contributed by atoms with E-state index in [-0.39, 0.29) is 5.91 Å². The first-order chi connectivity index (χ1) is 11.5. The summed E-state index contributed by atoms with van der Waals surface area (Å²) in [4.78, 5) is 20.8. The van der Waals surface area contributed by atoms with Crippen molar-refractivity contribution in [3.63, 3.8) is 0 Å². The minimum atomic E-state index is -0.0473. The number of likely N-dealkylation sites (N-methyl/N-ethyl adjacent to an activating group) is 1. The van der Waals surface area contributed by atoms with E-state index in [2.05, 4.69) is 22.2 Å². The molecule has 1 fully saturated rings. The average Bonchev–Trinajstić information content (AvgIpc) is 2.58. The largest absolute Gasteiger partial charge is 0.354 e. The number of anilines is 2. The van der Waals surface area contributed by atoms with Gasteiger partial charge in [-0.1, -0.05) is 23.2 Å². The summed E-state index contributed by atoms with van der Waals surface area (Å²) in [5, 5.41) is 4.29. The summed E-state index contributed by atoms with van der Waals surface area (Å²) in [7, 11) is 2.06. The van der Waals surface area contributed by atoms with Crippen molar-refractivity contribution in [1.82, 2.24) is 14.8 Å². The van der Waals surface area contributed by atoms with E-state index in [1.54, 1.807) is 36.5 Å². The number of nitrogens with one attached hydrogen (secondary N) is 1. The number of hydrogen-bond donors (Lipinski definition) is 1. The second-order valence-corrected chi connectivity index (χ2v) is 6.62. The van der Waals surface area contributed by atoms with Gasteiger partial charge >= 0.3 is 0 Å². The Hall–Kier alpha value is -1.82. The topological polar surface area (TPSA) is 48.5 Å². The molecule has 2 heterocycles. The zero-order valence-corrected chi connectivity index (χ0v) is 14.8. The van der Waals surface area contributed by atoms with Crippen molar-refractivity contribution in [2.24, 2.45) is 0 Å². The van der Waals surface area contributed by atoms with Gasteiger partial charge in [-0.25, -0.2) is 0 Å². The molecule has 0 spiro atoms. The van der Waals surface area contributed by atoms with E-state index in [0.29, 0.717) is 15.7 Å². The number of nitrogens with zero attached hydrogens (tertiary/aromatic N) is 3. The van der Waals surface area contributed by atoms with Crippen LogP contribution in [0.1, 0.15) is 10.5 Å². The van der Waals surface area contributed by atoms with Crippen molar-refractivity contribution >= 4 is 40.5 Å². The second-order valence-electron chi connectivity index (χ2n) is 5.77. The number of carbonyl (C=O) groups excluding carboxylic acids is 1. The minimum absolute atomic E-state index is 0.0473. The number of rotatable bonds is 3. The van der Waals surface area contributed by atoms with Gasteiger partial charge in [-0.15, -0.1) is 0 Å². The Labute approximate surface area is 151 Å². The first kappa shape index (κ1) is 17.0. The second kappa shape index (κ2) is 7.38. The molecule has 7 heteroatoms. The van der Waals surface area contributed by atoms with Gasteiger partial charge in [0.15, 0.2) is 0 Å². The molecule has 1 N–H and O–H groups in total. The van der Waals surface area contributed by atoms with Crippen molar-refractivity contribution in [2.45, 2.75) is 0 Å². The molecule has 0 unspecified atom stereocenters. The molecule has 1 aromatic heterocycles. The lowest BCUT2D eigenvalue weighted by Gasteiger charge is -2.32. The smallest absolute Gasteiger partial charge is 0.272 e. The van der Waals surface area contributed by atoms with E-state index >= 15 is 0 Å². The number of aromatic nitrogens is 1. The molecule has 1 aromatic carbocycles. The summed E-state index contributed by atoms with van der Waals surface area (Å²) in [6.45, 7) is 3.20. The molecule has 1 aliphatic heterocycles. The van der Waals surface area contributed by atoms with Crippen LogP contribution in [0.25, 0.3) is 0 Å². The molecule has 0 aliphatic carbocycles. The van der Waals surface area contributed by atoms with Gasteiger partial charge in [0.1, 0.15) is 5.69 Å². The monoisotopic (exact) mass is 364 g/mol. The molecule has 2 aromatic rings. The van der Waals surface area contributed by atoms with Gasteiger partial charge in [0, 0.05) is 43.1 Å². The van der Waals surface area contributed by atoms with Gasteiger partial charge in [-0.3, -0.25) is 9.78 Å². The third kappa shape index (κ3) is 3.98. The highest BCUT2D eigenvalue weighted by molar-refractivity contribution is 6.36. The summed E-state index contributed by atoms with van der Waals surface area (Å²) in [6, 6.07) is 8.76. The van der Waals surface area contributed by atoms with Gasteiger partial charge in [0.25, 0.3) is 5.91 Å². The van der Waals surface area contributed by atoms with Gasteiger partial charge in [-0.05, 0) is 37.4 Å². The number of amides is 1. The van der Waals surface area contributed by atoms with E-state index in [9.17, 15) is 4.79 Å². The van der Waals surface area contributed by atoms with Crippen molar-refractivity contribution in [1.29, 1.82) is 0 Å². The van der Waals surface area contributed by atoms with Crippen molar-refractivity contribution in [3.8, 4) is 0 Å². The summed E-state index contributed by atoms with van der Waals surface area (Å²) in [6.07, 6.45) is 1.62. The molecule has 126 valence electrons. The zero-order chi connectivity index (χ0) is 17.1. The molecule has 5 nitrogen and oxygen atoms in total. The van der Waals surface area contributed by atoms with E-state index in [1.165, 1.54) is 0 Å². The molecular formula is C17H18Cl2N4O. The molecule has 0 atom stereocenters. The number of benzene rings is 1. The molecular weight excluding hydrogens is 347 g/mol. The predicted molar refractivity (Wildman–Crippen MR) is 97.4 cm³/mol. The number of piperazine rings is 1. The van der Waals surface area contributed by atoms with Crippen LogP contribution in [-0.2, 0) is 0 Å². The third-order valence-corrected chi connectivity index (χ3v) is 4.53. The van der Waals surface area contributed by atoms with Crippen LogP contribution < -0.4 is 5.32 Å². The van der Waals surface area contributed by atoms with Crippen LogP contribution in [0.15, 0.2) is 36.5 Å². The SMILES string of the molecule is CN1CCN(C(=O)c2cc(Nc3ccc(Cl)cc3Cl)ccn2)CC1. The predicted octanol–water partition coefficient (Wildman–Crippen LogP) is 3.52. The Kier molecular flexibility index (Phi) is 5.23. The fourth-order valence-electron chi connectivity index (χ4n) is 2.54. The van der Waals surface area contributed by atoms with Gasteiger partial charge in [-0.2, -0.15) is 0 Å². The van der Waals surface area contributed by atoms with Crippen LogP contribution in [-0.4, -0.2) is 53.9 Å². The maximum absolute atomic E-state index is 12.6. The van der Waals surface area contributed by atoms with Gasteiger partial charge in [0.05, 0.1) is 10.7 Å². The summed E-state index contributed by atoms with van der Waals surface area (Å²) in [5.41, 5.74) is 1.91. The molecule has 0 bridgehead atoms. The lowest BCUT2D eigenvalue weighted by molar-refractivity contribution is 0.0658. The average molecular weight is 365 g/mol. The zero-order valence-electron chi connectivity index (χ0n) is 13.3. The number of carbonyl (C=O) groups is 1. The molecule has 1 amide bonds. The first-order valence-electron chi connectivity index (χ1n) is 7.69. The third-order valence-electron chi connectivity index (χ3n) is 3.98. The van der Waals surface area contributed by atoms with Crippen molar-refractivity contribution < 1.29 is 4.79 Å². The summed E-state index contributed by atoms with van der Waals surface area (Å²) in [5.74, 6) is -0.0473. The minimum Gasteiger partial charge on any atom is -0.354 e. The van der Waals surface area contributed by atoms with Crippen LogP contribution in [0, 0.1) is 0 Å². The van der Waals surface area contributed by atoms with Crippen LogP contribution in [0.5, 0.6) is 0 Å². The molecule has 24 heavy (non-hydrogen) atoms. The van der Waals surface area contributed by atoms with E-state index < -0.39 is 0 Å². The Morgan fingerprint density at radius 2 is 1.88 bits per heavy atom. The maximum Gasteiger partial charge on any atom is 0.272 e. The van der Waals surface area contributed by atoms with Gasteiger partial charge < -0.3 is 15.1 Å². The van der Waals surface area contributed by atoms with Crippen LogP contribution in [0.2, 0.25) is 10.0 Å². The fourth-order valence-corrected chi connectivity index (χ4v) is 3.00. The fraction of sp³-hybridized carbons (Fsp3) is 0.294. The number of halogens is 2. The summed E-state index contributed by atoms with van der Waals surface area (Å²) >= 11 is 12.1. The van der Waals surface area contributed by atoms with Crippen molar-refractivity contribution in [3.05, 3.63) is 52.3 Å². The number of pyridine rings is 1. The first-order valence-corrected chi connectivity index (χ1v) is 8.44. The summed E-state index contributed by atoms with van der Waals surface area (Å²) < 4.78 is 0. The molecule has 3 rings (SSSR count). The van der Waals surface area contributed by atoms with Crippen LogP contribution >= 0.6 is 23.2 Å². The van der Waals surface area contributed by atoms with Crippen LogP contribution in [0.3, 0.4) is 0 Å². The lowest BCUT2D eigenvalue weighted by Crippen LogP contribution is -2.47. The molecule has 0 saturated carbocycles. The van der Waals surface area contributed by atoms with Gasteiger partial charge in [0.2, 0.25) is 0 Å². The Morgan fingerprint density at radius 1 is 1.12 bits per heavy atom. The van der Waals surface area contributed by atoms with E-state index in [1.807, 2.05) is 4.90 Å². The van der Waals surface area contributed by atoms with Crippen molar-refractivity contribution in [2.75, 3.05) is 38.5 Å². The Morgan fingerprint density at radius 3 is 2.58 bits per heavy atom. The maximum atomic E-state index is 12.6. The van der Waals surface area contributed by atoms with E-state index in [0.717, 1.165) is 37.6 Å².